The molecular formula is C18H15ClFN3O3S2. The quantitative estimate of drug-likeness (QED) is 0.417. The van der Waals surface area contributed by atoms with Crippen molar-refractivity contribution in [3.63, 3.8) is 0 Å². The number of halogens is 2. The fourth-order valence-electron chi connectivity index (χ4n) is 2.35. The smallest absolute Gasteiger partial charge is 0.261 e. The number of rotatable bonds is 7. The number of hydrogen-bond donors (Lipinski definition) is 1. The molecule has 0 aliphatic carbocycles. The van der Waals surface area contributed by atoms with Gasteiger partial charge in [-0.05, 0) is 24.3 Å². The third kappa shape index (κ3) is 4.54. The Morgan fingerprint density at radius 3 is 2.71 bits per heavy atom. The molecule has 1 amide bonds. The van der Waals surface area contributed by atoms with E-state index in [9.17, 15) is 9.18 Å². The summed E-state index contributed by atoms with van der Waals surface area (Å²) in [6, 6.07) is 9.55. The molecule has 3 rings (SSSR count). The summed E-state index contributed by atoms with van der Waals surface area (Å²) in [5.74, 6) is 0.308. The van der Waals surface area contributed by atoms with Crippen LogP contribution in [0.5, 0.6) is 11.5 Å². The summed E-state index contributed by atoms with van der Waals surface area (Å²) in [5.41, 5.74) is 0.709. The maximum Gasteiger partial charge on any atom is 0.261 e. The summed E-state index contributed by atoms with van der Waals surface area (Å²) in [7, 11) is 2.96. The predicted molar refractivity (Wildman–Crippen MR) is 108 cm³/mol. The van der Waals surface area contributed by atoms with Crippen LogP contribution in [0.15, 0.2) is 40.7 Å². The van der Waals surface area contributed by atoms with Crippen molar-refractivity contribution in [2.24, 2.45) is 0 Å². The number of benzene rings is 2. The molecule has 0 aliphatic rings. The number of carbonyl (C=O) groups excluding carboxylic acids is 1. The molecule has 2 aromatic carbocycles. The van der Waals surface area contributed by atoms with E-state index in [0.717, 1.165) is 0 Å². The van der Waals surface area contributed by atoms with E-state index in [1.165, 1.54) is 43.4 Å². The maximum atomic E-state index is 13.8. The summed E-state index contributed by atoms with van der Waals surface area (Å²) in [4.78, 5) is 12.6. The van der Waals surface area contributed by atoms with E-state index in [1.807, 2.05) is 0 Å². The number of hydrogen-bond acceptors (Lipinski definition) is 7. The van der Waals surface area contributed by atoms with Gasteiger partial charge in [0.2, 0.25) is 5.13 Å². The fraction of sp³-hybridized carbons (Fsp3) is 0.167. The standard InChI is InChI=1S/C18H15ClFN3O3S2/c1-25-14-8-3-5-10(15(14)26-2)16(24)21-17-22-23-18(28-17)27-9-11-12(19)6-4-7-13(11)20/h3-8H,9H2,1-2H3,(H,21,22,24). The van der Waals surface area contributed by atoms with Crippen LogP contribution in [0.4, 0.5) is 9.52 Å². The third-order valence-corrected chi connectivity index (χ3v) is 6.03. The van der Waals surface area contributed by atoms with Crippen molar-refractivity contribution in [3.8, 4) is 11.5 Å². The van der Waals surface area contributed by atoms with Crippen molar-refractivity contribution in [1.82, 2.24) is 10.2 Å². The van der Waals surface area contributed by atoms with E-state index < -0.39 is 5.91 Å². The number of amides is 1. The van der Waals surface area contributed by atoms with Gasteiger partial charge in [0.15, 0.2) is 15.8 Å². The van der Waals surface area contributed by atoms with Gasteiger partial charge in [0, 0.05) is 16.3 Å². The zero-order valence-electron chi connectivity index (χ0n) is 14.9. The Balaban J connectivity index is 1.69. The van der Waals surface area contributed by atoms with Crippen LogP contribution >= 0.6 is 34.7 Å². The molecule has 1 aromatic heterocycles. The first-order valence-electron chi connectivity index (χ1n) is 7.95. The summed E-state index contributed by atoms with van der Waals surface area (Å²) >= 11 is 8.49. The largest absolute Gasteiger partial charge is 0.493 e. The Bertz CT molecular complexity index is 980. The molecule has 10 heteroatoms. The van der Waals surface area contributed by atoms with Crippen LogP contribution in [0.1, 0.15) is 15.9 Å². The van der Waals surface area contributed by atoms with E-state index in [4.69, 9.17) is 21.1 Å². The van der Waals surface area contributed by atoms with Crippen LogP contribution < -0.4 is 14.8 Å². The fourth-order valence-corrected chi connectivity index (χ4v) is 4.44. The minimum absolute atomic E-state index is 0.303. The number of methoxy groups -OCH3 is 2. The van der Waals surface area contributed by atoms with Gasteiger partial charge in [0.25, 0.3) is 5.91 Å². The van der Waals surface area contributed by atoms with Crippen LogP contribution in [0.25, 0.3) is 0 Å². The van der Waals surface area contributed by atoms with Gasteiger partial charge in [-0.25, -0.2) is 4.39 Å². The topological polar surface area (TPSA) is 73.3 Å². The maximum absolute atomic E-state index is 13.8. The van der Waals surface area contributed by atoms with Crippen molar-refractivity contribution in [2.75, 3.05) is 19.5 Å². The molecule has 0 saturated carbocycles. The summed E-state index contributed by atoms with van der Waals surface area (Å²) in [5, 5.41) is 11.3. The zero-order chi connectivity index (χ0) is 20.1. The molecule has 0 aliphatic heterocycles. The van der Waals surface area contributed by atoms with Crippen LogP contribution in [0.2, 0.25) is 5.02 Å². The molecule has 0 atom stereocenters. The molecule has 0 fully saturated rings. The first-order valence-corrected chi connectivity index (χ1v) is 10.1. The summed E-state index contributed by atoms with van der Waals surface area (Å²) in [6.45, 7) is 0. The highest BCUT2D eigenvalue weighted by Crippen LogP contribution is 2.33. The second kappa shape index (κ2) is 9.22. The highest BCUT2D eigenvalue weighted by Gasteiger charge is 2.18. The molecule has 28 heavy (non-hydrogen) atoms. The molecule has 0 spiro atoms. The second-order valence-electron chi connectivity index (χ2n) is 5.36. The van der Waals surface area contributed by atoms with Gasteiger partial charge in [-0.2, -0.15) is 0 Å². The van der Waals surface area contributed by atoms with Crippen molar-refractivity contribution in [1.29, 1.82) is 0 Å². The molecule has 0 saturated heterocycles. The van der Waals surface area contributed by atoms with E-state index in [0.29, 0.717) is 42.9 Å². The Morgan fingerprint density at radius 1 is 1.21 bits per heavy atom. The van der Waals surface area contributed by atoms with Crippen molar-refractivity contribution in [2.45, 2.75) is 10.1 Å². The first-order chi connectivity index (χ1) is 13.5. The zero-order valence-corrected chi connectivity index (χ0v) is 17.3. The van der Waals surface area contributed by atoms with E-state index in [2.05, 4.69) is 15.5 Å². The van der Waals surface area contributed by atoms with Gasteiger partial charge in [0.1, 0.15) is 5.82 Å². The lowest BCUT2D eigenvalue weighted by Gasteiger charge is -2.11. The van der Waals surface area contributed by atoms with E-state index in [1.54, 1.807) is 30.3 Å². The van der Waals surface area contributed by atoms with Crippen molar-refractivity contribution < 1.29 is 18.7 Å². The van der Waals surface area contributed by atoms with Gasteiger partial charge in [-0.3, -0.25) is 10.1 Å². The molecule has 146 valence electrons. The molecule has 0 bridgehead atoms. The van der Waals surface area contributed by atoms with Gasteiger partial charge in [-0.15, -0.1) is 10.2 Å². The van der Waals surface area contributed by atoms with E-state index >= 15 is 0 Å². The van der Waals surface area contributed by atoms with Gasteiger partial charge < -0.3 is 9.47 Å². The van der Waals surface area contributed by atoms with E-state index in [-0.39, 0.29) is 5.82 Å². The number of anilines is 1. The lowest BCUT2D eigenvalue weighted by molar-refractivity contribution is 0.102. The summed E-state index contributed by atoms with van der Waals surface area (Å²) < 4.78 is 24.9. The average Bonchev–Trinajstić information content (AvgIpc) is 3.14. The van der Waals surface area contributed by atoms with Crippen LogP contribution in [0, 0.1) is 5.82 Å². The lowest BCUT2D eigenvalue weighted by atomic mass is 10.1. The molecule has 6 nitrogen and oxygen atoms in total. The SMILES string of the molecule is COc1cccc(C(=O)Nc2nnc(SCc3c(F)cccc3Cl)s2)c1OC. The Hall–Kier alpha value is -2.36. The minimum atomic E-state index is -0.402. The van der Waals surface area contributed by atoms with Crippen LogP contribution in [-0.2, 0) is 5.75 Å². The Morgan fingerprint density at radius 2 is 2.00 bits per heavy atom. The monoisotopic (exact) mass is 439 g/mol. The third-order valence-electron chi connectivity index (χ3n) is 3.68. The highest BCUT2D eigenvalue weighted by molar-refractivity contribution is 8.00. The first kappa shape index (κ1) is 20.4. The second-order valence-corrected chi connectivity index (χ2v) is 7.96. The molecule has 0 unspecified atom stereocenters. The van der Waals surface area contributed by atoms with Gasteiger partial charge >= 0.3 is 0 Å². The lowest BCUT2D eigenvalue weighted by Crippen LogP contribution is -2.13. The Kier molecular flexibility index (Phi) is 6.71. The molecule has 1 N–H and O–H groups in total. The predicted octanol–water partition coefficient (Wildman–Crippen LogP) is 4.89. The number of para-hydroxylation sites is 1. The number of thioether (sulfide) groups is 1. The molecule has 3 aromatic rings. The number of aromatic nitrogens is 2. The van der Waals surface area contributed by atoms with Gasteiger partial charge in [-0.1, -0.05) is 46.8 Å². The Labute approximate surface area is 174 Å². The average molecular weight is 440 g/mol. The molecule has 0 radical (unpaired) electrons. The normalized spacial score (nSPS) is 10.6. The number of nitrogens with one attached hydrogen (secondary N) is 1. The highest BCUT2D eigenvalue weighted by atomic mass is 35.5. The molecule has 1 heterocycles. The molecular weight excluding hydrogens is 425 g/mol. The van der Waals surface area contributed by atoms with Crippen LogP contribution in [0.3, 0.4) is 0 Å². The van der Waals surface area contributed by atoms with Gasteiger partial charge in [0.05, 0.1) is 19.8 Å². The minimum Gasteiger partial charge on any atom is -0.493 e. The van der Waals surface area contributed by atoms with Crippen molar-refractivity contribution >= 4 is 45.7 Å². The summed E-state index contributed by atoms with van der Waals surface area (Å²) in [6.07, 6.45) is 0. The number of carbonyl (C=O) groups is 1. The van der Waals surface area contributed by atoms with Crippen molar-refractivity contribution in [3.05, 3.63) is 58.4 Å². The number of ether oxygens (including phenoxy) is 2. The van der Waals surface area contributed by atoms with Crippen LogP contribution in [-0.4, -0.2) is 30.3 Å². The number of nitrogens with zero attached hydrogens (tertiary/aromatic N) is 2.